The van der Waals surface area contributed by atoms with Crippen LogP contribution in [0.1, 0.15) is 12.0 Å². The van der Waals surface area contributed by atoms with Crippen LogP contribution in [-0.4, -0.2) is 26.3 Å². The highest BCUT2D eigenvalue weighted by molar-refractivity contribution is 5.81. The third-order valence-corrected chi connectivity index (χ3v) is 2.16. The molecule has 0 heterocycles. The Bertz CT molecular complexity index is 291. The second-order valence-corrected chi connectivity index (χ2v) is 3.31. The average Bonchev–Trinajstić information content (AvgIpc) is 2.27. The van der Waals surface area contributed by atoms with Crippen LogP contribution in [0.2, 0.25) is 0 Å². The van der Waals surface area contributed by atoms with Crippen molar-refractivity contribution in [3.05, 3.63) is 35.9 Å². The smallest absolute Gasteiger partial charge is 0.163 e. The number of rotatable bonds is 6. The number of Topliss-reactive ketones (excluding diaryl/α,β-unsaturated/α-hetero) is 1. The van der Waals surface area contributed by atoms with Crippen molar-refractivity contribution in [2.45, 2.75) is 19.1 Å². The maximum absolute atomic E-state index is 11.6. The maximum atomic E-state index is 11.6. The first-order chi connectivity index (χ1) is 7.26. The molecule has 0 spiro atoms. The van der Waals surface area contributed by atoms with Crippen molar-refractivity contribution in [1.82, 2.24) is 0 Å². The maximum Gasteiger partial charge on any atom is 0.163 e. The number of benzene rings is 1. The summed E-state index contributed by atoms with van der Waals surface area (Å²) in [5, 5.41) is 0. The highest BCUT2D eigenvalue weighted by atomic mass is 16.7. The van der Waals surface area contributed by atoms with Crippen molar-refractivity contribution in [3.63, 3.8) is 0 Å². The van der Waals surface area contributed by atoms with Gasteiger partial charge in [0.05, 0.1) is 6.42 Å². The van der Waals surface area contributed by atoms with Crippen molar-refractivity contribution >= 4 is 5.78 Å². The van der Waals surface area contributed by atoms with Gasteiger partial charge in [0, 0.05) is 20.6 Å². The Labute approximate surface area is 90.0 Å². The van der Waals surface area contributed by atoms with E-state index in [1.54, 1.807) is 0 Å². The van der Waals surface area contributed by atoms with E-state index in [0.29, 0.717) is 12.8 Å². The van der Waals surface area contributed by atoms with Gasteiger partial charge in [-0.3, -0.25) is 4.79 Å². The molecule has 0 unspecified atom stereocenters. The molecule has 0 bridgehead atoms. The Morgan fingerprint density at radius 2 is 1.80 bits per heavy atom. The molecular weight excluding hydrogens is 192 g/mol. The van der Waals surface area contributed by atoms with Gasteiger partial charge >= 0.3 is 0 Å². The van der Waals surface area contributed by atoms with Crippen LogP contribution in [0.3, 0.4) is 0 Å². The number of ether oxygens (including phenoxy) is 2. The standard InChI is InChI=1S/C12H16O3/c1-14-12(15-2)9-11(13)8-10-6-4-3-5-7-10/h3-7,12H,8-9H2,1-2H3. The lowest BCUT2D eigenvalue weighted by molar-refractivity contribution is -0.136. The summed E-state index contributed by atoms with van der Waals surface area (Å²) >= 11 is 0. The molecule has 3 heteroatoms. The van der Waals surface area contributed by atoms with Gasteiger partial charge in [-0.15, -0.1) is 0 Å². The minimum atomic E-state index is -0.429. The largest absolute Gasteiger partial charge is 0.355 e. The Kier molecular flexibility index (Phi) is 5.01. The summed E-state index contributed by atoms with van der Waals surface area (Å²) < 4.78 is 9.93. The zero-order chi connectivity index (χ0) is 11.1. The topological polar surface area (TPSA) is 35.5 Å². The second kappa shape index (κ2) is 6.32. The summed E-state index contributed by atoms with van der Waals surface area (Å²) in [5.41, 5.74) is 1.02. The van der Waals surface area contributed by atoms with Crippen molar-refractivity contribution < 1.29 is 14.3 Å². The quantitative estimate of drug-likeness (QED) is 0.669. The molecule has 0 aliphatic carbocycles. The van der Waals surface area contributed by atoms with Crippen LogP contribution in [0.4, 0.5) is 0 Å². The number of ketones is 1. The number of carbonyl (C=O) groups excluding carboxylic acids is 1. The SMILES string of the molecule is COC(CC(=O)Cc1ccccc1)OC. The Morgan fingerprint density at radius 1 is 1.20 bits per heavy atom. The van der Waals surface area contributed by atoms with Crippen LogP contribution >= 0.6 is 0 Å². The predicted octanol–water partition coefficient (Wildman–Crippen LogP) is 1.81. The van der Waals surface area contributed by atoms with Gasteiger partial charge in [0.25, 0.3) is 0 Å². The first-order valence-electron chi connectivity index (χ1n) is 4.87. The lowest BCUT2D eigenvalue weighted by Gasteiger charge is -2.11. The van der Waals surface area contributed by atoms with Gasteiger partial charge in [0.1, 0.15) is 5.78 Å². The fraction of sp³-hybridized carbons (Fsp3) is 0.417. The monoisotopic (exact) mass is 208 g/mol. The van der Waals surface area contributed by atoms with Gasteiger partial charge < -0.3 is 9.47 Å². The van der Waals surface area contributed by atoms with E-state index in [1.807, 2.05) is 30.3 Å². The van der Waals surface area contributed by atoms with Crippen LogP contribution in [0, 0.1) is 0 Å². The molecule has 1 rings (SSSR count). The molecule has 0 saturated carbocycles. The molecule has 1 aromatic carbocycles. The fourth-order valence-electron chi connectivity index (χ4n) is 1.34. The third-order valence-electron chi connectivity index (χ3n) is 2.16. The van der Waals surface area contributed by atoms with Crippen molar-refractivity contribution in [3.8, 4) is 0 Å². The number of methoxy groups -OCH3 is 2. The number of carbonyl (C=O) groups is 1. The minimum Gasteiger partial charge on any atom is -0.355 e. The first-order valence-corrected chi connectivity index (χ1v) is 4.87. The van der Waals surface area contributed by atoms with Gasteiger partial charge in [-0.25, -0.2) is 0 Å². The molecule has 0 radical (unpaired) electrons. The molecule has 82 valence electrons. The Hall–Kier alpha value is -1.19. The molecule has 15 heavy (non-hydrogen) atoms. The summed E-state index contributed by atoms with van der Waals surface area (Å²) in [6.45, 7) is 0. The highest BCUT2D eigenvalue weighted by Crippen LogP contribution is 2.05. The van der Waals surface area contributed by atoms with E-state index < -0.39 is 6.29 Å². The van der Waals surface area contributed by atoms with Gasteiger partial charge in [-0.1, -0.05) is 30.3 Å². The predicted molar refractivity (Wildman–Crippen MR) is 57.6 cm³/mol. The highest BCUT2D eigenvalue weighted by Gasteiger charge is 2.12. The molecule has 0 fully saturated rings. The van der Waals surface area contributed by atoms with Crippen LogP contribution < -0.4 is 0 Å². The number of hydrogen-bond donors (Lipinski definition) is 0. The van der Waals surface area contributed by atoms with E-state index in [9.17, 15) is 4.79 Å². The zero-order valence-corrected chi connectivity index (χ0v) is 9.10. The summed E-state index contributed by atoms with van der Waals surface area (Å²) in [7, 11) is 3.06. The van der Waals surface area contributed by atoms with E-state index in [2.05, 4.69) is 0 Å². The van der Waals surface area contributed by atoms with E-state index in [4.69, 9.17) is 9.47 Å². The molecule has 0 N–H and O–H groups in total. The molecule has 0 saturated heterocycles. The van der Waals surface area contributed by atoms with Crippen molar-refractivity contribution in [2.75, 3.05) is 14.2 Å². The van der Waals surface area contributed by atoms with Gasteiger partial charge in [0.2, 0.25) is 0 Å². The Morgan fingerprint density at radius 3 is 2.33 bits per heavy atom. The minimum absolute atomic E-state index is 0.120. The van der Waals surface area contributed by atoms with Crippen molar-refractivity contribution in [1.29, 1.82) is 0 Å². The van der Waals surface area contributed by atoms with Crippen molar-refractivity contribution in [2.24, 2.45) is 0 Å². The Balaban J connectivity index is 2.43. The first kappa shape index (κ1) is 11.9. The lowest BCUT2D eigenvalue weighted by atomic mass is 10.1. The molecule has 1 aromatic rings. The van der Waals surface area contributed by atoms with E-state index in [0.717, 1.165) is 5.56 Å². The summed E-state index contributed by atoms with van der Waals surface area (Å²) in [5.74, 6) is 0.120. The molecule has 0 aliphatic heterocycles. The van der Waals surface area contributed by atoms with Crippen LogP contribution in [-0.2, 0) is 20.7 Å². The zero-order valence-electron chi connectivity index (χ0n) is 9.10. The van der Waals surface area contributed by atoms with E-state index in [-0.39, 0.29) is 5.78 Å². The normalized spacial score (nSPS) is 10.6. The third kappa shape index (κ3) is 4.23. The lowest BCUT2D eigenvalue weighted by Crippen LogP contribution is -2.19. The van der Waals surface area contributed by atoms with Gasteiger partial charge in [-0.2, -0.15) is 0 Å². The fourth-order valence-corrected chi connectivity index (χ4v) is 1.34. The molecule has 0 aromatic heterocycles. The van der Waals surface area contributed by atoms with Crippen LogP contribution in [0.5, 0.6) is 0 Å². The molecular formula is C12H16O3. The summed E-state index contributed by atoms with van der Waals surface area (Å²) in [6, 6.07) is 9.65. The van der Waals surface area contributed by atoms with Crippen LogP contribution in [0.25, 0.3) is 0 Å². The van der Waals surface area contributed by atoms with Gasteiger partial charge in [-0.05, 0) is 5.56 Å². The van der Waals surface area contributed by atoms with E-state index >= 15 is 0 Å². The molecule has 0 aliphatic rings. The average molecular weight is 208 g/mol. The summed E-state index contributed by atoms with van der Waals surface area (Å²) in [4.78, 5) is 11.6. The van der Waals surface area contributed by atoms with Crippen LogP contribution in [0.15, 0.2) is 30.3 Å². The molecule has 0 atom stereocenters. The summed E-state index contributed by atoms with van der Waals surface area (Å²) in [6.07, 6.45) is 0.299. The molecule has 3 nitrogen and oxygen atoms in total. The van der Waals surface area contributed by atoms with Gasteiger partial charge in [0.15, 0.2) is 6.29 Å². The number of hydrogen-bond acceptors (Lipinski definition) is 3. The second-order valence-electron chi connectivity index (χ2n) is 3.31. The molecule has 0 amide bonds. The van der Waals surface area contributed by atoms with E-state index in [1.165, 1.54) is 14.2 Å².